The van der Waals surface area contributed by atoms with Crippen LogP contribution in [0.1, 0.15) is 42.0 Å². The van der Waals surface area contributed by atoms with Gasteiger partial charge in [0.1, 0.15) is 10.8 Å². The molecule has 1 fully saturated rings. The maximum atomic E-state index is 12.1. The van der Waals surface area contributed by atoms with Crippen LogP contribution in [-0.2, 0) is 16.8 Å². The van der Waals surface area contributed by atoms with Crippen molar-refractivity contribution in [2.24, 2.45) is 0 Å². The average Bonchev–Trinajstić information content (AvgIpc) is 3.62. The smallest absolute Gasteiger partial charge is 0.277 e. The number of benzene rings is 2. The van der Waals surface area contributed by atoms with Gasteiger partial charge in [0.25, 0.3) is 10.2 Å². The minimum atomic E-state index is -3.50. The fourth-order valence-electron chi connectivity index (χ4n) is 3.78. The molecule has 192 valence electrons. The molecule has 0 aliphatic heterocycles. The molecule has 11 heteroatoms. The van der Waals surface area contributed by atoms with Crippen LogP contribution >= 0.6 is 11.6 Å². The molecule has 0 spiro atoms. The Labute approximate surface area is 217 Å². The fourth-order valence-corrected chi connectivity index (χ4v) is 5.04. The molecule has 1 aliphatic carbocycles. The standard InChI is InChI=1S/C25H31ClN6O3S/c1-5-35-23-16(3)11-20(12-17(23)4)29-25-27-14-21(26)24(31-25)30-22-9-6-18(10-15(22)2)13-28-36(33,34)32-19-7-8-19/h6,9-12,14,19,28,32H,5,7-8,13H2,1-4H3,(H2,27,29,30,31). The number of aromatic nitrogens is 2. The first-order valence-corrected chi connectivity index (χ1v) is 13.7. The van der Waals surface area contributed by atoms with Gasteiger partial charge in [0.15, 0.2) is 5.82 Å². The van der Waals surface area contributed by atoms with E-state index in [9.17, 15) is 8.42 Å². The van der Waals surface area contributed by atoms with Gasteiger partial charge >= 0.3 is 0 Å². The third-order valence-electron chi connectivity index (χ3n) is 5.66. The maximum absolute atomic E-state index is 12.1. The molecule has 1 aliphatic rings. The van der Waals surface area contributed by atoms with Crippen molar-refractivity contribution >= 4 is 45.0 Å². The van der Waals surface area contributed by atoms with Crippen LogP contribution in [0.25, 0.3) is 0 Å². The van der Waals surface area contributed by atoms with Crippen molar-refractivity contribution in [1.29, 1.82) is 0 Å². The normalized spacial score (nSPS) is 13.5. The molecular weight excluding hydrogens is 500 g/mol. The summed E-state index contributed by atoms with van der Waals surface area (Å²) in [5.74, 6) is 1.74. The van der Waals surface area contributed by atoms with E-state index in [2.05, 4.69) is 30.0 Å². The Balaban J connectivity index is 1.45. The molecule has 0 radical (unpaired) electrons. The second-order valence-corrected chi connectivity index (χ2v) is 10.8. The van der Waals surface area contributed by atoms with E-state index < -0.39 is 10.2 Å². The van der Waals surface area contributed by atoms with Gasteiger partial charge in [-0.05, 0) is 81.0 Å². The fraction of sp³-hybridized carbons (Fsp3) is 0.360. The van der Waals surface area contributed by atoms with Crippen LogP contribution in [0.4, 0.5) is 23.1 Å². The number of hydrogen-bond donors (Lipinski definition) is 4. The molecule has 0 saturated heterocycles. The summed E-state index contributed by atoms with van der Waals surface area (Å²) in [7, 11) is -3.50. The first kappa shape index (κ1) is 26.2. The van der Waals surface area contributed by atoms with E-state index in [1.54, 1.807) is 6.20 Å². The highest BCUT2D eigenvalue weighted by Gasteiger charge is 2.26. The lowest BCUT2D eigenvalue weighted by molar-refractivity contribution is 0.335. The van der Waals surface area contributed by atoms with Crippen molar-refractivity contribution in [3.63, 3.8) is 0 Å². The summed E-state index contributed by atoms with van der Waals surface area (Å²) in [5.41, 5.74) is 5.46. The lowest BCUT2D eigenvalue weighted by atomic mass is 10.1. The van der Waals surface area contributed by atoms with Crippen LogP contribution in [0.2, 0.25) is 5.02 Å². The molecule has 1 heterocycles. The molecule has 0 unspecified atom stereocenters. The number of halogens is 1. The highest BCUT2D eigenvalue weighted by atomic mass is 35.5. The van der Waals surface area contributed by atoms with Crippen molar-refractivity contribution in [1.82, 2.24) is 19.4 Å². The summed E-state index contributed by atoms with van der Waals surface area (Å²) in [4.78, 5) is 8.86. The van der Waals surface area contributed by atoms with Crippen LogP contribution < -0.4 is 24.8 Å². The highest BCUT2D eigenvalue weighted by molar-refractivity contribution is 7.87. The number of nitrogens with one attached hydrogen (secondary N) is 4. The molecule has 1 aromatic heterocycles. The molecule has 4 rings (SSSR count). The van der Waals surface area contributed by atoms with Crippen molar-refractivity contribution in [3.8, 4) is 5.75 Å². The van der Waals surface area contributed by atoms with E-state index in [0.29, 0.717) is 23.4 Å². The molecule has 36 heavy (non-hydrogen) atoms. The van der Waals surface area contributed by atoms with Gasteiger partial charge in [0.2, 0.25) is 5.95 Å². The summed E-state index contributed by atoms with van der Waals surface area (Å²) in [6, 6.07) is 9.69. The Hall–Kier alpha value is -2.92. The summed E-state index contributed by atoms with van der Waals surface area (Å²) in [5, 5.41) is 6.87. The topological polar surface area (TPSA) is 117 Å². The zero-order valence-corrected chi connectivity index (χ0v) is 22.3. The molecule has 1 saturated carbocycles. The molecule has 2 aromatic carbocycles. The molecular formula is C25H31ClN6O3S. The van der Waals surface area contributed by atoms with Crippen LogP contribution in [0.5, 0.6) is 5.75 Å². The second-order valence-electron chi connectivity index (χ2n) is 8.88. The number of nitrogens with zero attached hydrogens (tertiary/aromatic N) is 2. The van der Waals surface area contributed by atoms with Crippen LogP contribution in [0, 0.1) is 20.8 Å². The number of ether oxygens (including phenoxy) is 1. The number of rotatable bonds is 11. The van der Waals surface area contributed by atoms with E-state index in [-0.39, 0.29) is 12.6 Å². The van der Waals surface area contributed by atoms with Crippen LogP contribution in [-0.4, -0.2) is 31.0 Å². The zero-order chi connectivity index (χ0) is 25.9. The second kappa shape index (κ2) is 11.0. The predicted molar refractivity (Wildman–Crippen MR) is 144 cm³/mol. The highest BCUT2D eigenvalue weighted by Crippen LogP contribution is 2.30. The molecule has 9 nitrogen and oxygen atoms in total. The number of aryl methyl sites for hydroxylation is 3. The van der Waals surface area contributed by atoms with E-state index in [1.165, 1.54) is 0 Å². The Morgan fingerprint density at radius 3 is 2.42 bits per heavy atom. The quantitative estimate of drug-likeness (QED) is 0.275. The molecule has 3 aromatic rings. The van der Waals surface area contributed by atoms with Crippen LogP contribution in [0.15, 0.2) is 36.5 Å². The Morgan fingerprint density at radius 2 is 1.78 bits per heavy atom. The maximum Gasteiger partial charge on any atom is 0.277 e. The van der Waals surface area contributed by atoms with Gasteiger partial charge in [-0.25, -0.2) is 4.98 Å². The van der Waals surface area contributed by atoms with Gasteiger partial charge in [0.05, 0.1) is 12.8 Å². The van der Waals surface area contributed by atoms with Crippen molar-refractivity contribution in [2.45, 2.75) is 53.1 Å². The zero-order valence-electron chi connectivity index (χ0n) is 20.8. The van der Waals surface area contributed by atoms with Crippen molar-refractivity contribution < 1.29 is 13.2 Å². The van der Waals surface area contributed by atoms with Crippen molar-refractivity contribution in [3.05, 3.63) is 63.8 Å². The average molecular weight is 531 g/mol. The minimum Gasteiger partial charge on any atom is -0.493 e. The lowest BCUT2D eigenvalue weighted by Crippen LogP contribution is -2.37. The lowest BCUT2D eigenvalue weighted by Gasteiger charge is -2.15. The van der Waals surface area contributed by atoms with Crippen molar-refractivity contribution in [2.75, 3.05) is 17.2 Å². The third kappa shape index (κ3) is 6.85. The van der Waals surface area contributed by atoms with Gasteiger partial charge in [-0.15, -0.1) is 0 Å². The summed E-state index contributed by atoms with van der Waals surface area (Å²) < 4.78 is 35.0. The molecule has 4 N–H and O–H groups in total. The van der Waals surface area contributed by atoms with Gasteiger partial charge in [-0.1, -0.05) is 23.7 Å². The first-order chi connectivity index (χ1) is 17.1. The van der Waals surface area contributed by atoms with E-state index >= 15 is 0 Å². The summed E-state index contributed by atoms with van der Waals surface area (Å²) in [6.45, 7) is 8.71. The molecule has 0 atom stereocenters. The molecule has 0 bridgehead atoms. The Bertz CT molecular complexity index is 1340. The summed E-state index contributed by atoms with van der Waals surface area (Å²) >= 11 is 6.37. The number of hydrogen-bond acceptors (Lipinski definition) is 7. The van der Waals surface area contributed by atoms with Gasteiger partial charge in [-0.2, -0.15) is 22.8 Å². The van der Waals surface area contributed by atoms with Gasteiger partial charge in [-0.3, -0.25) is 0 Å². The van der Waals surface area contributed by atoms with E-state index in [0.717, 1.165) is 52.2 Å². The predicted octanol–water partition coefficient (Wildman–Crippen LogP) is 5.03. The van der Waals surface area contributed by atoms with E-state index in [4.69, 9.17) is 16.3 Å². The minimum absolute atomic E-state index is 0.0651. The van der Waals surface area contributed by atoms with Gasteiger partial charge < -0.3 is 15.4 Å². The largest absolute Gasteiger partial charge is 0.493 e. The Morgan fingerprint density at radius 1 is 1.06 bits per heavy atom. The van der Waals surface area contributed by atoms with E-state index in [1.807, 2.05) is 58.0 Å². The summed E-state index contributed by atoms with van der Waals surface area (Å²) in [6.07, 6.45) is 3.32. The number of anilines is 4. The SMILES string of the molecule is CCOc1c(C)cc(Nc2ncc(Cl)c(Nc3ccc(CNS(=O)(=O)NC4CC4)cc3C)n2)cc1C. The Kier molecular flexibility index (Phi) is 7.99. The first-order valence-electron chi connectivity index (χ1n) is 11.8. The third-order valence-corrected chi connectivity index (χ3v) is 7.10. The molecule has 0 amide bonds. The monoisotopic (exact) mass is 530 g/mol. The van der Waals surface area contributed by atoms with Gasteiger partial charge in [0, 0.05) is 24.0 Å². The van der Waals surface area contributed by atoms with Crippen LogP contribution in [0.3, 0.4) is 0 Å².